The number of hydrogen-bond acceptors (Lipinski definition) is 6. The molecule has 0 aliphatic heterocycles. The molecule has 2 N–H and O–H groups in total. The minimum absolute atomic E-state index is 0.0736. The van der Waals surface area contributed by atoms with E-state index in [0.717, 1.165) is 0 Å². The van der Waals surface area contributed by atoms with Gasteiger partial charge in [0.15, 0.2) is 6.61 Å². The zero-order chi connectivity index (χ0) is 21.2. The molecule has 0 bridgehead atoms. The molecule has 0 saturated heterocycles. The molecule has 2 rings (SSSR count). The van der Waals surface area contributed by atoms with Crippen LogP contribution in [0.1, 0.15) is 12.5 Å². The van der Waals surface area contributed by atoms with Crippen molar-refractivity contribution in [2.45, 2.75) is 6.92 Å². The van der Waals surface area contributed by atoms with Crippen LogP contribution in [0.3, 0.4) is 0 Å². The van der Waals surface area contributed by atoms with Crippen LogP contribution in [-0.2, 0) is 19.1 Å². The van der Waals surface area contributed by atoms with E-state index >= 15 is 0 Å². The number of anilines is 1. The Kier molecular flexibility index (Phi) is 7.78. The van der Waals surface area contributed by atoms with Crippen LogP contribution in [0.5, 0.6) is 11.5 Å². The van der Waals surface area contributed by atoms with E-state index in [2.05, 4.69) is 10.6 Å². The van der Waals surface area contributed by atoms with Gasteiger partial charge in [0.25, 0.3) is 5.91 Å². The zero-order valence-corrected chi connectivity index (χ0v) is 16.4. The lowest BCUT2D eigenvalue weighted by molar-refractivity contribution is -0.144. The highest BCUT2D eigenvalue weighted by molar-refractivity contribution is 6.00. The highest BCUT2D eigenvalue weighted by Gasteiger charge is 2.16. The number of amides is 2. The van der Waals surface area contributed by atoms with Crippen LogP contribution >= 0.6 is 0 Å². The normalized spacial score (nSPS) is 10.7. The van der Waals surface area contributed by atoms with Crippen LogP contribution in [0.4, 0.5) is 5.69 Å². The standard InChI is InChI=1S/C21H22N2O6/c1-14(24)22-18(11-15-7-5-4-6-8-15)21(26)29-13-20(25)23-17-12-16(27-2)9-10-19(17)28-3/h4-12H,13H2,1-3H3,(H,22,24)(H,23,25)/b18-11+. The first-order valence-electron chi connectivity index (χ1n) is 8.66. The van der Waals surface area contributed by atoms with Crippen LogP contribution in [-0.4, -0.2) is 38.6 Å². The highest BCUT2D eigenvalue weighted by atomic mass is 16.5. The second kappa shape index (κ2) is 10.5. The summed E-state index contributed by atoms with van der Waals surface area (Å²) >= 11 is 0. The predicted molar refractivity (Wildman–Crippen MR) is 107 cm³/mol. The number of methoxy groups -OCH3 is 2. The van der Waals surface area contributed by atoms with E-state index in [0.29, 0.717) is 22.7 Å². The Bertz CT molecular complexity index is 909. The first-order chi connectivity index (χ1) is 13.9. The van der Waals surface area contributed by atoms with Crippen molar-refractivity contribution in [3.8, 4) is 11.5 Å². The van der Waals surface area contributed by atoms with Crippen molar-refractivity contribution in [3.05, 3.63) is 59.8 Å². The van der Waals surface area contributed by atoms with Gasteiger partial charge < -0.3 is 24.8 Å². The first kappa shape index (κ1) is 21.5. The second-order valence-electron chi connectivity index (χ2n) is 5.84. The van der Waals surface area contributed by atoms with Crippen LogP contribution < -0.4 is 20.1 Å². The molecule has 8 nitrogen and oxygen atoms in total. The van der Waals surface area contributed by atoms with E-state index in [1.165, 1.54) is 27.2 Å². The van der Waals surface area contributed by atoms with Gasteiger partial charge in [-0.2, -0.15) is 0 Å². The third-order valence-electron chi connectivity index (χ3n) is 3.66. The van der Waals surface area contributed by atoms with Gasteiger partial charge in [0.2, 0.25) is 5.91 Å². The molecule has 0 heterocycles. The molecule has 0 aliphatic rings. The third kappa shape index (κ3) is 6.69. The number of carbonyl (C=O) groups excluding carboxylic acids is 3. The maximum Gasteiger partial charge on any atom is 0.355 e. The maximum atomic E-state index is 12.3. The van der Waals surface area contributed by atoms with Crippen molar-refractivity contribution in [1.82, 2.24) is 5.32 Å². The maximum absolute atomic E-state index is 12.3. The molecular formula is C21H22N2O6. The van der Waals surface area contributed by atoms with E-state index in [9.17, 15) is 14.4 Å². The van der Waals surface area contributed by atoms with Crippen molar-refractivity contribution in [1.29, 1.82) is 0 Å². The number of carbonyl (C=O) groups is 3. The van der Waals surface area contributed by atoms with E-state index in [-0.39, 0.29) is 5.70 Å². The van der Waals surface area contributed by atoms with E-state index < -0.39 is 24.4 Å². The summed E-state index contributed by atoms with van der Waals surface area (Å²) in [6, 6.07) is 13.8. The fourth-order valence-corrected chi connectivity index (χ4v) is 2.36. The van der Waals surface area contributed by atoms with Crippen LogP contribution in [0, 0.1) is 0 Å². The van der Waals surface area contributed by atoms with E-state index in [1.54, 1.807) is 42.5 Å². The largest absolute Gasteiger partial charge is 0.497 e. The topological polar surface area (TPSA) is 103 Å². The molecule has 0 aromatic heterocycles. The van der Waals surface area contributed by atoms with Crippen molar-refractivity contribution in [2.75, 3.05) is 26.1 Å². The Labute approximate surface area is 168 Å². The minimum atomic E-state index is -0.836. The number of nitrogens with one attached hydrogen (secondary N) is 2. The summed E-state index contributed by atoms with van der Waals surface area (Å²) in [4.78, 5) is 35.9. The van der Waals surface area contributed by atoms with E-state index in [1.807, 2.05) is 6.07 Å². The summed E-state index contributed by atoms with van der Waals surface area (Å²) in [6.45, 7) is 0.721. The molecule has 0 spiro atoms. The first-order valence-corrected chi connectivity index (χ1v) is 8.66. The van der Waals surface area contributed by atoms with Crippen LogP contribution in [0.15, 0.2) is 54.2 Å². The van der Waals surface area contributed by atoms with Crippen molar-refractivity contribution >= 4 is 29.5 Å². The Morgan fingerprint density at radius 3 is 2.34 bits per heavy atom. The molecule has 0 atom stereocenters. The average molecular weight is 398 g/mol. The monoisotopic (exact) mass is 398 g/mol. The third-order valence-corrected chi connectivity index (χ3v) is 3.66. The number of hydrogen-bond donors (Lipinski definition) is 2. The molecule has 0 fully saturated rings. The minimum Gasteiger partial charge on any atom is -0.497 e. The summed E-state index contributed by atoms with van der Waals surface area (Å²) in [5, 5.41) is 5.01. The van der Waals surface area contributed by atoms with Crippen molar-refractivity contribution in [3.63, 3.8) is 0 Å². The molecule has 0 radical (unpaired) electrons. The lowest BCUT2D eigenvalue weighted by atomic mass is 10.2. The van der Waals surface area contributed by atoms with Gasteiger partial charge in [0, 0.05) is 13.0 Å². The van der Waals surface area contributed by atoms with Gasteiger partial charge in [0.1, 0.15) is 17.2 Å². The summed E-state index contributed by atoms with van der Waals surface area (Å²) in [5.74, 6) is -0.900. The molecule has 2 amide bonds. The molecular weight excluding hydrogens is 376 g/mol. The van der Waals surface area contributed by atoms with Gasteiger partial charge >= 0.3 is 5.97 Å². The average Bonchev–Trinajstić information content (AvgIpc) is 2.71. The number of esters is 1. The van der Waals surface area contributed by atoms with Gasteiger partial charge in [-0.25, -0.2) is 4.79 Å². The van der Waals surface area contributed by atoms with Crippen molar-refractivity contribution < 1.29 is 28.6 Å². The summed E-state index contributed by atoms with van der Waals surface area (Å²) in [6.07, 6.45) is 1.47. The predicted octanol–water partition coefficient (Wildman–Crippen LogP) is 2.36. The fourth-order valence-electron chi connectivity index (χ4n) is 2.36. The van der Waals surface area contributed by atoms with Crippen LogP contribution in [0.2, 0.25) is 0 Å². The molecule has 2 aromatic carbocycles. The molecule has 152 valence electrons. The lowest BCUT2D eigenvalue weighted by Gasteiger charge is -2.12. The lowest BCUT2D eigenvalue weighted by Crippen LogP contribution is -2.29. The smallest absolute Gasteiger partial charge is 0.355 e. The number of ether oxygens (including phenoxy) is 3. The van der Waals surface area contributed by atoms with Gasteiger partial charge in [-0.15, -0.1) is 0 Å². The Morgan fingerprint density at radius 1 is 1.00 bits per heavy atom. The number of benzene rings is 2. The quantitative estimate of drug-likeness (QED) is 0.523. The fraction of sp³-hybridized carbons (Fsp3) is 0.190. The Balaban J connectivity index is 2.05. The number of rotatable bonds is 8. The second-order valence-corrected chi connectivity index (χ2v) is 5.84. The molecule has 0 unspecified atom stereocenters. The summed E-state index contributed by atoms with van der Waals surface area (Å²) in [5.41, 5.74) is 0.990. The molecule has 2 aromatic rings. The van der Waals surface area contributed by atoms with Gasteiger partial charge in [0.05, 0.1) is 19.9 Å². The van der Waals surface area contributed by atoms with Gasteiger partial charge in [-0.1, -0.05) is 30.3 Å². The summed E-state index contributed by atoms with van der Waals surface area (Å²) in [7, 11) is 2.96. The SMILES string of the molecule is COc1ccc(OC)c(NC(=O)COC(=O)/C(=C\c2ccccc2)NC(C)=O)c1. The molecule has 0 aliphatic carbocycles. The Hall–Kier alpha value is -3.81. The molecule has 0 saturated carbocycles. The van der Waals surface area contributed by atoms with E-state index in [4.69, 9.17) is 14.2 Å². The molecule has 29 heavy (non-hydrogen) atoms. The highest BCUT2D eigenvalue weighted by Crippen LogP contribution is 2.28. The van der Waals surface area contributed by atoms with Gasteiger partial charge in [-0.05, 0) is 23.8 Å². The van der Waals surface area contributed by atoms with Crippen molar-refractivity contribution in [2.24, 2.45) is 0 Å². The van der Waals surface area contributed by atoms with Crippen LogP contribution in [0.25, 0.3) is 6.08 Å². The zero-order valence-electron chi connectivity index (χ0n) is 16.4. The Morgan fingerprint density at radius 2 is 1.72 bits per heavy atom. The summed E-state index contributed by atoms with van der Waals surface area (Å²) < 4.78 is 15.3. The van der Waals surface area contributed by atoms with Gasteiger partial charge in [-0.3, -0.25) is 9.59 Å². The molecule has 8 heteroatoms.